The summed E-state index contributed by atoms with van der Waals surface area (Å²) in [6, 6.07) is 7.58. The van der Waals surface area contributed by atoms with Gasteiger partial charge >= 0.3 is 0 Å². The fourth-order valence-electron chi connectivity index (χ4n) is 1.91. The van der Waals surface area contributed by atoms with Crippen LogP contribution >= 0.6 is 0 Å². The molecule has 0 saturated carbocycles. The molecule has 1 aromatic carbocycles. The highest BCUT2D eigenvalue weighted by molar-refractivity contribution is 5.92. The molecule has 20 heavy (non-hydrogen) atoms. The van der Waals surface area contributed by atoms with E-state index in [0.29, 0.717) is 6.54 Å². The fourth-order valence-corrected chi connectivity index (χ4v) is 1.91. The highest BCUT2D eigenvalue weighted by Crippen LogP contribution is 2.18. The molecular formula is C14H19N5O. The van der Waals surface area contributed by atoms with E-state index in [1.165, 1.54) is 0 Å². The monoisotopic (exact) mass is 273 g/mol. The molecule has 6 nitrogen and oxygen atoms in total. The predicted octanol–water partition coefficient (Wildman–Crippen LogP) is 1.28. The Kier molecular flexibility index (Phi) is 4.47. The summed E-state index contributed by atoms with van der Waals surface area (Å²) in [5.74, 6) is 0.732. The zero-order chi connectivity index (χ0) is 14.5. The average molecular weight is 273 g/mol. The van der Waals surface area contributed by atoms with Crippen LogP contribution in [0, 0.1) is 5.92 Å². The minimum atomic E-state index is -0.0709. The Morgan fingerprint density at radius 3 is 2.60 bits per heavy atom. The van der Waals surface area contributed by atoms with E-state index in [1.54, 1.807) is 6.33 Å². The van der Waals surface area contributed by atoms with E-state index >= 15 is 0 Å². The van der Waals surface area contributed by atoms with Gasteiger partial charge in [0, 0.05) is 30.8 Å². The van der Waals surface area contributed by atoms with E-state index in [0.717, 1.165) is 17.1 Å². The Hall–Kier alpha value is -2.21. The summed E-state index contributed by atoms with van der Waals surface area (Å²) in [4.78, 5) is 11.9. The number of nitrogens with zero attached hydrogens (tertiary/aromatic N) is 3. The number of benzene rings is 1. The number of amides is 1. The summed E-state index contributed by atoms with van der Waals surface area (Å²) in [7, 11) is 3.73. The molecule has 1 atom stereocenters. The van der Waals surface area contributed by atoms with Crippen LogP contribution in [0.1, 0.15) is 6.92 Å². The second kappa shape index (κ2) is 6.29. The van der Waals surface area contributed by atoms with Crippen molar-refractivity contribution < 1.29 is 4.79 Å². The highest BCUT2D eigenvalue weighted by Gasteiger charge is 2.12. The lowest BCUT2D eigenvalue weighted by molar-refractivity contribution is -0.119. The number of aryl methyl sites for hydroxylation is 1. The molecule has 0 aliphatic carbocycles. The van der Waals surface area contributed by atoms with Gasteiger partial charge in [0.2, 0.25) is 5.91 Å². The Balaban J connectivity index is 2.06. The lowest BCUT2D eigenvalue weighted by atomic mass is 10.1. The van der Waals surface area contributed by atoms with Crippen LogP contribution in [0.25, 0.3) is 11.4 Å². The number of rotatable bonds is 5. The number of nitrogens with one attached hydrogen (secondary N) is 2. The number of aromatic nitrogens is 3. The third-order valence-corrected chi connectivity index (χ3v) is 3.08. The molecule has 1 unspecified atom stereocenters. The maximum atomic E-state index is 11.9. The maximum Gasteiger partial charge on any atom is 0.228 e. The third kappa shape index (κ3) is 3.21. The number of carbonyl (C=O) groups excluding carboxylic acids is 1. The Bertz CT molecular complexity index is 576. The quantitative estimate of drug-likeness (QED) is 0.860. The average Bonchev–Trinajstić information content (AvgIpc) is 2.86. The van der Waals surface area contributed by atoms with Crippen molar-refractivity contribution in [1.82, 2.24) is 20.1 Å². The molecule has 6 heteroatoms. The van der Waals surface area contributed by atoms with Crippen molar-refractivity contribution in [2.45, 2.75) is 6.92 Å². The van der Waals surface area contributed by atoms with Crippen LogP contribution in [-0.2, 0) is 11.8 Å². The van der Waals surface area contributed by atoms with Gasteiger partial charge < -0.3 is 15.2 Å². The van der Waals surface area contributed by atoms with Crippen molar-refractivity contribution in [3.8, 4) is 11.4 Å². The van der Waals surface area contributed by atoms with Gasteiger partial charge in [-0.15, -0.1) is 10.2 Å². The Morgan fingerprint density at radius 1 is 1.35 bits per heavy atom. The number of carbonyl (C=O) groups is 1. The van der Waals surface area contributed by atoms with Crippen LogP contribution in [-0.4, -0.2) is 34.3 Å². The van der Waals surface area contributed by atoms with Crippen LogP contribution in [0.3, 0.4) is 0 Å². The highest BCUT2D eigenvalue weighted by atomic mass is 16.1. The molecule has 1 heterocycles. The molecule has 0 saturated heterocycles. The van der Waals surface area contributed by atoms with Gasteiger partial charge in [0.05, 0.1) is 0 Å². The first-order chi connectivity index (χ1) is 9.61. The van der Waals surface area contributed by atoms with Gasteiger partial charge in [0.1, 0.15) is 6.33 Å². The standard InChI is InChI=1S/C14H19N5O/c1-10(8-15-2)14(20)17-12-6-4-11(5-7-12)13-18-16-9-19(13)3/h4-7,9-10,15H,8H2,1-3H3,(H,17,20). The lowest BCUT2D eigenvalue weighted by Gasteiger charge is -2.11. The minimum Gasteiger partial charge on any atom is -0.326 e. The van der Waals surface area contributed by atoms with E-state index in [4.69, 9.17) is 0 Å². The van der Waals surface area contributed by atoms with Gasteiger partial charge in [-0.05, 0) is 31.3 Å². The number of hydrogen-bond acceptors (Lipinski definition) is 4. The van der Waals surface area contributed by atoms with Crippen molar-refractivity contribution in [2.75, 3.05) is 18.9 Å². The molecule has 0 aliphatic heterocycles. The number of hydrogen-bond donors (Lipinski definition) is 2. The van der Waals surface area contributed by atoms with Gasteiger partial charge in [-0.1, -0.05) is 6.92 Å². The minimum absolute atomic E-state index is 0.00533. The topological polar surface area (TPSA) is 71.8 Å². The molecule has 1 amide bonds. The van der Waals surface area contributed by atoms with Crippen molar-refractivity contribution in [3.63, 3.8) is 0 Å². The number of anilines is 1. The molecule has 2 rings (SSSR count). The van der Waals surface area contributed by atoms with Crippen LogP contribution in [0.2, 0.25) is 0 Å². The van der Waals surface area contributed by atoms with Crippen molar-refractivity contribution in [2.24, 2.45) is 13.0 Å². The van der Waals surface area contributed by atoms with E-state index in [9.17, 15) is 4.79 Å². The summed E-state index contributed by atoms with van der Waals surface area (Å²) in [5, 5.41) is 13.8. The van der Waals surface area contributed by atoms with E-state index < -0.39 is 0 Å². The second-order valence-electron chi connectivity index (χ2n) is 4.79. The first-order valence-corrected chi connectivity index (χ1v) is 6.51. The smallest absolute Gasteiger partial charge is 0.228 e. The summed E-state index contributed by atoms with van der Waals surface area (Å²) in [6.07, 6.45) is 1.66. The molecule has 0 radical (unpaired) electrons. The zero-order valence-corrected chi connectivity index (χ0v) is 11.9. The van der Waals surface area contributed by atoms with Crippen LogP contribution in [0.4, 0.5) is 5.69 Å². The van der Waals surface area contributed by atoms with Crippen LogP contribution in [0.5, 0.6) is 0 Å². The van der Waals surface area contributed by atoms with Gasteiger partial charge in [-0.3, -0.25) is 4.79 Å². The van der Waals surface area contributed by atoms with E-state index in [-0.39, 0.29) is 11.8 Å². The van der Waals surface area contributed by atoms with Gasteiger partial charge in [-0.25, -0.2) is 0 Å². The van der Waals surface area contributed by atoms with Gasteiger partial charge in [-0.2, -0.15) is 0 Å². The van der Waals surface area contributed by atoms with Gasteiger partial charge in [0.25, 0.3) is 0 Å². The van der Waals surface area contributed by atoms with Crippen molar-refractivity contribution in [1.29, 1.82) is 0 Å². The first-order valence-electron chi connectivity index (χ1n) is 6.51. The SMILES string of the molecule is CNCC(C)C(=O)Nc1ccc(-c2nncn2C)cc1. The summed E-state index contributed by atoms with van der Waals surface area (Å²) in [6.45, 7) is 2.54. The fraction of sp³-hybridized carbons (Fsp3) is 0.357. The molecule has 2 N–H and O–H groups in total. The normalized spacial score (nSPS) is 12.2. The maximum absolute atomic E-state index is 11.9. The summed E-state index contributed by atoms with van der Waals surface area (Å²) >= 11 is 0. The van der Waals surface area contributed by atoms with Crippen molar-refractivity contribution >= 4 is 11.6 Å². The Labute approximate surface area is 118 Å². The molecule has 106 valence electrons. The Morgan fingerprint density at radius 2 is 2.05 bits per heavy atom. The summed E-state index contributed by atoms with van der Waals surface area (Å²) < 4.78 is 1.85. The van der Waals surface area contributed by atoms with Gasteiger partial charge in [0.15, 0.2) is 5.82 Å². The zero-order valence-electron chi connectivity index (χ0n) is 11.9. The van der Waals surface area contributed by atoms with E-state index in [1.807, 2.05) is 49.9 Å². The molecule has 0 fully saturated rings. The van der Waals surface area contributed by atoms with Crippen LogP contribution in [0.15, 0.2) is 30.6 Å². The van der Waals surface area contributed by atoms with Crippen molar-refractivity contribution in [3.05, 3.63) is 30.6 Å². The molecule has 1 aromatic heterocycles. The largest absolute Gasteiger partial charge is 0.326 e. The first kappa shape index (κ1) is 14.2. The van der Waals surface area contributed by atoms with E-state index in [2.05, 4.69) is 20.8 Å². The van der Waals surface area contributed by atoms with Crippen LogP contribution < -0.4 is 10.6 Å². The molecule has 0 bridgehead atoms. The predicted molar refractivity (Wildman–Crippen MR) is 78.2 cm³/mol. The second-order valence-corrected chi connectivity index (χ2v) is 4.79. The lowest BCUT2D eigenvalue weighted by Crippen LogP contribution is -2.28. The summed E-state index contributed by atoms with van der Waals surface area (Å²) in [5.41, 5.74) is 1.75. The molecule has 0 aliphatic rings. The molecule has 2 aromatic rings. The molecular weight excluding hydrogens is 254 g/mol. The molecule has 0 spiro atoms. The third-order valence-electron chi connectivity index (χ3n) is 3.08.